The van der Waals surface area contributed by atoms with E-state index in [-0.39, 0.29) is 11.8 Å². The van der Waals surface area contributed by atoms with E-state index in [1.807, 2.05) is 30.3 Å². The van der Waals surface area contributed by atoms with Crippen LogP contribution in [0.2, 0.25) is 0 Å². The molecule has 2 aromatic carbocycles. The lowest BCUT2D eigenvalue weighted by Crippen LogP contribution is -2.45. The Bertz CT molecular complexity index is 847. The average Bonchev–Trinajstić information content (AvgIpc) is 2.80. The van der Waals surface area contributed by atoms with Gasteiger partial charge in [0.15, 0.2) is 6.10 Å². The third-order valence-corrected chi connectivity index (χ3v) is 4.76. The standard InChI is InChI=1S/C20H20N2O3/c1-13-6-8-17-14(12-13)7-9-18(25-17)20(24)22-11-10-21-19(23)15-4-2-3-5-16(15)22/h2-6,8,12,18H,7,9-11H2,1H3,(H,21,23). The van der Waals surface area contributed by atoms with Crippen LogP contribution in [0.5, 0.6) is 5.75 Å². The summed E-state index contributed by atoms with van der Waals surface area (Å²) in [5, 5.41) is 2.84. The molecule has 0 aliphatic carbocycles. The molecule has 0 bridgehead atoms. The molecule has 0 radical (unpaired) electrons. The summed E-state index contributed by atoms with van der Waals surface area (Å²) in [6.45, 7) is 2.93. The van der Waals surface area contributed by atoms with Gasteiger partial charge in [0, 0.05) is 13.1 Å². The molecule has 5 heteroatoms. The van der Waals surface area contributed by atoms with Gasteiger partial charge in [-0.1, -0.05) is 29.8 Å². The van der Waals surface area contributed by atoms with E-state index in [0.29, 0.717) is 30.8 Å². The summed E-state index contributed by atoms with van der Waals surface area (Å²) in [6, 6.07) is 13.3. The SMILES string of the molecule is Cc1ccc2c(c1)CCC(C(=O)N1CCNC(=O)c3ccccc31)O2. The highest BCUT2D eigenvalue weighted by Crippen LogP contribution is 2.31. The molecule has 2 aliphatic heterocycles. The maximum Gasteiger partial charge on any atom is 0.268 e. The average molecular weight is 336 g/mol. The number of aryl methyl sites for hydroxylation is 2. The number of nitrogens with zero attached hydrogens (tertiary/aromatic N) is 1. The normalized spacial score (nSPS) is 19.2. The zero-order valence-corrected chi connectivity index (χ0v) is 14.1. The fraction of sp³-hybridized carbons (Fsp3) is 0.300. The fourth-order valence-electron chi connectivity index (χ4n) is 3.49. The van der Waals surface area contributed by atoms with Gasteiger partial charge in [0.05, 0.1) is 11.3 Å². The second-order valence-electron chi connectivity index (χ2n) is 6.52. The zero-order chi connectivity index (χ0) is 17.4. The van der Waals surface area contributed by atoms with Gasteiger partial charge in [-0.2, -0.15) is 0 Å². The van der Waals surface area contributed by atoms with Crippen LogP contribution in [-0.4, -0.2) is 31.0 Å². The van der Waals surface area contributed by atoms with Crippen LogP contribution < -0.4 is 15.0 Å². The predicted octanol–water partition coefficient (Wildman–Crippen LogP) is 2.47. The lowest BCUT2D eigenvalue weighted by molar-refractivity contribution is -0.126. The first-order valence-corrected chi connectivity index (χ1v) is 8.58. The van der Waals surface area contributed by atoms with E-state index in [1.54, 1.807) is 11.0 Å². The summed E-state index contributed by atoms with van der Waals surface area (Å²) in [5.74, 6) is 0.555. The molecule has 25 heavy (non-hydrogen) atoms. The predicted molar refractivity (Wildman–Crippen MR) is 95.0 cm³/mol. The van der Waals surface area contributed by atoms with Gasteiger partial charge in [-0.25, -0.2) is 0 Å². The first-order chi connectivity index (χ1) is 12.1. The third kappa shape index (κ3) is 2.86. The Morgan fingerprint density at radius 1 is 1.24 bits per heavy atom. The maximum absolute atomic E-state index is 13.1. The second kappa shape index (κ2) is 6.24. The van der Waals surface area contributed by atoms with Crippen molar-refractivity contribution in [3.05, 3.63) is 59.2 Å². The quantitative estimate of drug-likeness (QED) is 0.870. The van der Waals surface area contributed by atoms with Gasteiger partial charge in [-0.3, -0.25) is 9.59 Å². The number of nitrogens with one attached hydrogen (secondary N) is 1. The smallest absolute Gasteiger partial charge is 0.268 e. The molecule has 4 rings (SSSR count). The number of carbonyl (C=O) groups excluding carboxylic acids is 2. The van der Waals surface area contributed by atoms with Crippen molar-refractivity contribution < 1.29 is 14.3 Å². The van der Waals surface area contributed by atoms with E-state index in [1.165, 1.54) is 5.56 Å². The van der Waals surface area contributed by atoms with Crippen molar-refractivity contribution in [1.82, 2.24) is 5.32 Å². The first-order valence-electron chi connectivity index (χ1n) is 8.58. The van der Waals surface area contributed by atoms with Crippen molar-refractivity contribution in [2.45, 2.75) is 25.9 Å². The highest BCUT2D eigenvalue weighted by atomic mass is 16.5. The molecule has 0 fully saturated rings. The highest BCUT2D eigenvalue weighted by molar-refractivity contribution is 6.06. The van der Waals surface area contributed by atoms with Crippen molar-refractivity contribution >= 4 is 17.5 Å². The molecule has 1 N–H and O–H groups in total. The van der Waals surface area contributed by atoms with Crippen LogP contribution in [0.25, 0.3) is 0 Å². The van der Waals surface area contributed by atoms with Gasteiger partial charge >= 0.3 is 0 Å². The number of ether oxygens (including phenoxy) is 1. The van der Waals surface area contributed by atoms with Crippen molar-refractivity contribution in [3.63, 3.8) is 0 Å². The van der Waals surface area contributed by atoms with Gasteiger partial charge in [-0.15, -0.1) is 0 Å². The van der Waals surface area contributed by atoms with E-state index in [9.17, 15) is 9.59 Å². The van der Waals surface area contributed by atoms with Gasteiger partial charge in [-0.05, 0) is 43.5 Å². The molecule has 0 aromatic heterocycles. The molecule has 2 heterocycles. The van der Waals surface area contributed by atoms with E-state index in [4.69, 9.17) is 4.74 Å². The van der Waals surface area contributed by atoms with Crippen LogP contribution in [0.4, 0.5) is 5.69 Å². The molecule has 1 unspecified atom stereocenters. The second-order valence-corrected chi connectivity index (χ2v) is 6.52. The van der Waals surface area contributed by atoms with Crippen LogP contribution in [0.3, 0.4) is 0 Å². The van der Waals surface area contributed by atoms with Gasteiger partial charge in [0.25, 0.3) is 11.8 Å². The Kier molecular flexibility index (Phi) is 3.92. The van der Waals surface area contributed by atoms with Crippen molar-refractivity contribution in [3.8, 4) is 5.75 Å². The number of carbonyl (C=O) groups is 2. The number of fused-ring (bicyclic) bond motifs is 2. The number of anilines is 1. The number of para-hydroxylation sites is 1. The summed E-state index contributed by atoms with van der Waals surface area (Å²) in [7, 11) is 0. The molecule has 0 spiro atoms. The van der Waals surface area contributed by atoms with Crippen LogP contribution in [0.1, 0.15) is 27.9 Å². The zero-order valence-electron chi connectivity index (χ0n) is 14.1. The highest BCUT2D eigenvalue weighted by Gasteiger charge is 2.33. The van der Waals surface area contributed by atoms with E-state index in [2.05, 4.69) is 18.3 Å². The van der Waals surface area contributed by atoms with Gasteiger partial charge in [0.2, 0.25) is 0 Å². The number of amides is 2. The number of hydrogen-bond acceptors (Lipinski definition) is 3. The molecule has 5 nitrogen and oxygen atoms in total. The molecule has 0 saturated heterocycles. The molecule has 128 valence electrons. The Morgan fingerprint density at radius 2 is 2.08 bits per heavy atom. The van der Waals surface area contributed by atoms with Gasteiger partial charge < -0.3 is 15.0 Å². The fourth-order valence-corrected chi connectivity index (χ4v) is 3.49. The molecule has 1 atom stereocenters. The minimum Gasteiger partial charge on any atom is -0.480 e. The topological polar surface area (TPSA) is 58.6 Å². The maximum atomic E-state index is 13.1. The van der Waals surface area contributed by atoms with Crippen LogP contribution in [-0.2, 0) is 11.2 Å². The molecular weight excluding hydrogens is 316 g/mol. The van der Waals surface area contributed by atoms with Gasteiger partial charge in [0.1, 0.15) is 5.75 Å². The van der Waals surface area contributed by atoms with E-state index in [0.717, 1.165) is 17.7 Å². The molecular formula is C20H20N2O3. The number of rotatable bonds is 1. The molecule has 2 aromatic rings. The Balaban J connectivity index is 1.62. The minimum absolute atomic E-state index is 0.0878. The van der Waals surface area contributed by atoms with Crippen LogP contribution in [0.15, 0.2) is 42.5 Å². The number of benzene rings is 2. The van der Waals surface area contributed by atoms with Crippen molar-refractivity contribution in [2.75, 3.05) is 18.0 Å². The third-order valence-electron chi connectivity index (χ3n) is 4.76. The summed E-state index contributed by atoms with van der Waals surface area (Å²) < 4.78 is 5.99. The molecule has 0 saturated carbocycles. The Morgan fingerprint density at radius 3 is 2.96 bits per heavy atom. The summed E-state index contributed by atoms with van der Waals surface area (Å²) in [5.41, 5.74) is 3.52. The van der Waals surface area contributed by atoms with Crippen LogP contribution in [0, 0.1) is 6.92 Å². The Labute approximate surface area is 146 Å². The van der Waals surface area contributed by atoms with E-state index < -0.39 is 6.10 Å². The minimum atomic E-state index is -0.517. The lowest BCUT2D eigenvalue weighted by Gasteiger charge is -2.30. The van der Waals surface area contributed by atoms with Crippen molar-refractivity contribution in [1.29, 1.82) is 0 Å². The summed E-state index contributed by atoms with van der Waals surface area (Å²) >= 11 is 0. The number of hydrogen-bond donors (Lipinski definition) is 1. The van der Waals surface area contributed by atoms with E-state index >= 15 is 0 Å². The summed E-state index contributed by atoms with van der Waals surface area (Å²) in [6.07, 6.45) is 0.951. The molecule has 2 aliphatic rings. The lowest BCUT2D eigenvalue weighted by atomic mass is 9.99. The first kappa shape index (κ1) is 15.7. The Hall–Kier alpha value is -2.82. The largest absolute Gasteiger partial charge is 0.480 e. The summed E-state index contributed by atoms with van der Waals surface area (Å²) in [4.78, 5) is 27.0. The van der Waals surface area contributed by atoms with Crippen molar-refractivity contribution in [2.24, 2.45) is 0 Å². The molecule has 2 amide bonds. The monoisotopic (exact) mass is 336 g/mol. The van der Waals surface area contributed by atoms with Crippen LogP contribution >= 0.6 is 0 Å².